The number of amides is 1. The van der Waals surface area contributed by atoms with Gasteiger partial charge in [-0.25, -0.2) is 4.99 Å². The highest BCUT2D eigenvalue weighted by molar-refractivity contribution is 8.13. The van der Waals surface area contributed by atoms with Crippen LogP contribution in [0.4, 0.5) is 5.69 Å². The molecule has 0 N–H and O–H groups in total. The number of aromatic nitrogens is 2. The molecule has 1 amide bonds. The quantitative estimate of drug-likeness (QED) is 0.420. The number of thioether (sulfide) groups is 1. The van der Waals surface area contributed by atoms with Gasteiger partial charge in [0.15, 0.2) is 5.17 Å². The van der Waals surface area contributed by atoms with Crippen LogP contribution in [0.5, 0.6) is 0 Å². The van der Waals surface area contributed by atoms with E-state index in [0.717, 1.165) is 35.5 Å². The number of hydrogen-bond donors (Lipinski definition) is 0. The van der Waals surface area contributed by atoms with Gasteiger partial charge in [-0.05, 0) is 55.0 Å². The average Bonchev–Trinajstić information content (AvgIpc) is 3.48. The van der Waals surface area contributed by atoms with Gasteiger partial charge in [0.05, 0.1) is 11.4 Å². The lowest BCUT2D eigenvalue weighted by Crippen LogP contribution is -2.30. The van der Waals surface area contributed by atoms with Crippen molar-refractivity contribution in [3.8, 4) is 0 Å². The second-order valence-electron chi connectivity index (χ2n) is 8.82. The molecule has 6 nitrogen and oxygen atoms in total. The van der Waals surface area contributed by atoms with Crippen molar-refractivity contribution >= 4 is 34.6 Å². The minimum Gasteiger partial charge on any atom is -0.424 e. The number of hydrogen-bond acceptors (Lipinski definition) is 6. The number of carbonyl (C=O) groups excluding carboxylic acids is 1. The van der Waals surface area contributed by atoms with Crippen molar-refractivity contribution in [2.45, 2.75) is 51.2 Å². The number of benzene rings is 2. The SMILES string of the molecule is Cc1ccc(N2C(=O)/C(=C/c3ccc(C(C)C)cc3)N=C2SCc2nnc(C3CC3)o2)cc1. The van der Waals surface area contributed by atoms with E-state index in [4.69, 9.17) is 9.41 Å². The van der Waals surface area contributed by atoms with Gasteiger partial charge in [-0.3, -0.25) is 9.69 Å². The summed E-state index contributed by atoms with van der Waals surface area (Å²) in [6.45, 7) is 6.36. The molecule has 0 radical (unpaired) electrons. The van der Waals surface area contributed by atoms with Crippen molar-refractivity contribution in [1.82, 2.24) is 10.2 Å². The molecular formula is C26H26N4O2S. The first-order valence-corrected chi connectivity index (χ1v) is 12.2. The van der Waals surface area contributed by atoms with Gasteiger partial charge in [-0.2, -0.15) is 0 Å². The first-order valence-electron chi connectivity index (χ1n) is 11.2. The highest BCUT2D eigenvalue weighted by Gasteiger charge is 2.33. The molecule has 5 rings (SSSR count). The second kappa shape index (κ2) is 8.98. The molecule has 1 aliphatic heterocycles. The summed E-state index contributed by atoms with van der Waals surface area (Å²) in [6.07, 6.45) is 4.08. The highest BCUT2D eigenvalue weighted by atomic mass is 32.2. The summed E-state index contributed by atoms with van der Waals surface area (Å²) in [5.74, 6) is 2.48. The zero-order valence-electron chi connectivity index (χ0n) is 19.0. The molecule has 0 spiro atoms. The molecule has 0 unspecified atom stereocenters. The van der Waals surface area contributed by atoms with Crippen LogP contribution in [0.15, 0.2) is 63.6 Å². The van der Waals surface area contributed by atoms with Gasteiger partial charge in [-0.15, -0.1) is 10.2 Å². The Morgan fingerprint density at radius 3 is 2.48 bits per heavy atom. The van der Waals surface area contributed by atoms with Crippen LogP contribution in [-0.4, -0.2) is 21.3 Å². The maximum Gasteiger partial charge on any atom is 0.283 e. The van der Waals surface area contributed by atoms with E-state index in [1.807, 2.05) is 49.4 Å². The number of aliphatic imine (C=N–C) groups is 1. The highest BCUT2D eigenvalue weighted by Crippen LogP contribution is 2.39. The van der Waals surface area contributed by atoms with E-state index in [9.17, 15) is 4.79 Å². The summed E-state index contributed by atoms with van der Waals surface area (Å²) >= 11 is 1.43. The third kappa shape index (κ3) is 4.78. The molecular weight excluding hydrogens is 432 g/mol. The maximum atomic E-state index is 13.4. The van der Waals surface area contributed by atoms with Crippen LogP contribution in [0.25, 0.3) is 6.08 Å². The maximum absolute atomic E-state index is 13.4. The Kier molecular flexibility index (Phi) is 5.89. The third-order valence-electron chi connectivity index (χ3n) is 5.76. The minimum absolute atomic E-state index is 0.140. The molecule has 3 aromatic rings. The largest absolute Gasteiger partial charge is 0.424 e. The lowest BCUT2D eigenvalue weighted by atomic mass is 10.0. The molecule has 2 heterocycles. The lowest BCUT2D eigenvalue weighted by Gasteiger charge is -2.17. The Hall–Kier alpha value is -3.19. The first kappa shape index (κ1) is 21.6. The number of aryl methyl sites for hydroxylation is 1. The number of nitrogens with zero attached hydrogens (tertiary/aromatic N) is 4. The molecule has 0 saturated heterocycles. The van der Waals surface area contributed by atoms with E-state index in [1.54, 1.807) is 4.90 Å². The first-order chi connectivity index (χ1) is 16.0. The van der Waals surface area contributed by atoms with Crippen molar-refractivity contribution in [2.24, 2.45) is 4.99 Å². The Balaban J connectivity index is 1.41. The van der Waals surface area contributed by atoms with Gasteiger partial charge in [-0.1, -0.05) is 67.6 Å². The standard InChI is InChI=1S/C26H26N4O2S/c1-16(2)19-8-6-18(7-9-19)14-22-25(31)30(21-12-4-17(3)5-13-21)26(27-22)33-15-23-28-29-24(32-23)20-10-11-20/h4-9,12-14,16,20H,10-11,15H2,1-3H3/b22-14-. The molecule has 1 saturated carbocycles. The average molecular weight is 459 g/mol. The fourth-order valence-electron chi connectivity index (χ4n) is 3.60. The molecule has 168 valence electrons. The normalized spacial score (nSPS) is 17.3. The van der Waals surface area contributed by atoms with Crippen LogP contribution in [0.2, 0.25) is 0 Å². The van der Waals surface area contributed by atoms with Crippen molar-refractivity contribution in [3.63, 3.8) is 0 Å². The molecule has 33 heavy (non-hydrogen) atoms. The molecule has 1 fully saturated rings. The molecule has 2 aliphatic rings. The zero-order chi connectivity index (χ0) is 22.9. The van der Waals surface area contributed by atoms with E-state index in [0.29, 0.717) is 34.3 Å². The van der Waals surface area contributed by atoms with Crippen LogP contribution in [0.1, 0.15) is 67.0 Å². The van der Waals surface area contributed by atoms with Gasteiger partial charge in [0.25, 0.3) is 5.91 Å². The summed E-state index contributed by atoms with van der Waals surface area (Å²) in [5, 5.41) is 8.93. The van der Waals surface area contributed by atoms with Gasteiger partial charge in [0.1, 0.15) is 5.70 Å². The predicted octanol–water partition coefficient (Wildman–Crippen LogP) is 6.06. The van der Waals surface area contributed by atoms with E-state index in [2.05, 4.69) is 36.2 Å². The Labute approximate surface area is 197 Å². The van der Waals surface area contributed by atoms with Crippen LogP contribution in [-0.2, 0) is 10.5 Å². The van der Waals surface area contributed by atoms with E-state index in [-0.39, 0.29) is 5.91 Å². The summed E-state index contributed by atoms with van der Waals surface area (Å²) < 4.78 is 5.79. The second-order valence-corrected chi connectivity index (χ2v) is 9.76. The lowest BCUT2D eigenvalue weighted by molar-refractivity contribution is -0.113. The fourth-order valence-corrected chi connectivity index (χ4v) is 4.45. The molecule has 1 aliphatic carbocycles. The van der Waals surface area contributed by atoms with Crippen molar-refractivity contribution < 1.29 is 9.21 Å². The van der Waals surface area contributed by atoms with Crippen LogP contribution >= 0.6 is 11.8 Å². The zero-order valence-corrected chi connectivity index (χ0v) is 19.8. The number of rotatable bonds is 6. The smallest absolute Gasteiger partial charge is 0.283 e. The monoisotopic (exact) mass is 458 g/mol. The van der Waals surface area contributed by atoms with Gasteiger partial charge in [0.2, 0.25) is 11.8 Å². The van der Waals surface area contributed by atoms with E-state index >= 15 is 0 Å². The van der Waals surface area contributed by atoms with Crippen LogP contribution in [0, 0.1) is 6.92 Å². The summed E-state index contributed by atoms with van der Waals surface area (Å²) in [5.41, 5.74) is 4.56. The van der Waals surface area contributed by atoms with E-state index in [1.165, 1.54) is 17.3 Å². The van der Waals surface area contributed by atoms with Crippen molar-refractivity contribution in [2.75, 3.05) is 4.90 Å². The summed E-state index contributed by atoms with van der Waals surface area (Å²) in [4.78, 5) is 19.7. The Bertz CT molecular complexity index is 1220. The molecule has 2 aromatic carbocycles. The minimum atomic E-state index is -0.140. The number of amidine groups is 1. The third-order valence-corrected chi connectivity index (χ3v) is 6.69. The topological polar surface area (TPSA) is 71.6 Å². The van der Waals surface area contributed by atoms with Crippen molar-refractivity contribution in [3.05, 3.63) is 82.7 Å². The molecule has 0 bridgehead atoms. The number of anilines is 1. The van der Waals surface area contributed by atoms with Crippen LogP contribution < -0.4 is 4.90 Å². The molecule has 0 atom stereocenters. The Morgan fingerprint density at radius 1 is 1.09 bits per heavy atom. The predicted molar refractivity (Wildman–Crippen MR) is 132 cm³/mol. The molecule has 1 aromatic heterocycles. The van der Waals surface area contributed by atoms with Gasteiger partial charge >= 0.3 is 0 Å². The fraction of sp³-hybridized carbons (Fsp3) is 0.308. The van der Waals surface area contributed by atoms with Gasteiger partial charge in [0, 0.05) is 5.92 Å². The van der Waals surface area contributed by atoms with E-state index < -0.39 is 0 Å². The summed E-state index contributed by atoms with van der Waals surface area (Å²) in [7, 11) is 0. The molecule has 7 heteroatoms. The Morgan fingerprint density at radius 2 is 1.82 bits per heavy atom. The van der Waals surface area contributed by atoms with Crippen LogP contribution in [0.3, 0.4) is 0 Å². The van der Waals surface area contributed by atoms with Crippen molar-refractivity contribution in [1.29, 1.82) is 0 Å². The number of carbonyl (C=O) groups is 1. The van der Waals surface area contributed by atoms with Gasteiger partial charge < -0.3 is 4.42 Å². The summed E-state index contributed by atoms with van der Waals surface area (Å²) in [6, 6.07) is 16.1.